The highest BCUT2D eigenvalue weighted by Crippen LogP contribution is 2.28. The van der Waals surface area contributed by atoms with Crippen LogP contribution < -0.4 is 0 Å². The van der Waals surface area contributed by atoms with Crippen molar-refractivity contribution < 1.29 is 14.6 Å². The number of hydrogen-bond donors (Lipinski definition) is 1. The van der Waals surface area contributed by atoms with E-state index in [1.807, 2.05) is 30.3 Å². The Kier molecular flexibility index (Phi) is 3.94. The number of benzene rings is 1. The Hall–Kier alpha value is -1.61. The Labute approximate surface area is 101 Å². The molecule has 17 heavy (non-hydrogen) atoms. The monoisotopic (exact) mass is 232 g/mol. The minimum atomic E-state index is -0.207. The number of hydrogen-bond acceptors (Lipinski definition) is 3. The zero-order valence-corrected chi connectivity index (χ0v) is 9.69. The maximum atomic E-state index is 11.6. The zero-order chi connectivity index (χ0) is 12.1. The fourth-order valence-electron chi connectivity index (χ4n) is 2.00. The first-order valence-corrected chi connectivity index (χ1v) is 5.88. The van der Waals surface area contributed by atoms with Crippen molar-refractivity contribution >= 4 is 11.5 Å². The first kappa shape index (κ1) is 11.9. The van der Waals surface area contributed by atoms with Crippen molar-refractivity contribution in [3.05, 3.63) is 41.5 Å². The maximum absolute atomic E-state index is 11.6. The fourth-order valence-corrected chi connectivity index (χ4v) is 2.00. The molecular formula is C14H16O3. The highest BCUT2D eigenvalue weighted by Gasteiger charge is 2.24. The van der Waals surface area contributed by atoms with Gasteiger partial charge in [-0.05, 0) is 24.8 Å². The first-order chi connectivity index (χ1) is 8.33. The second kappa shape index (κ2) is 5.64. The summed E-state index contributed by atoms with van der Waals surface area (Å²) in [7, 11) is 0. The van der Waals surface area contributed by atoms with Gasteiger partial charge in [-0.3, -0.25) is 0 Å². The van der Waals surface area contributed by atoms with Gasteiger partial charge in [0.1, 0.15) is 6.61 Å². The van der Waals surface area contributed by atoms with Crippen LogP contribution in [-0.4, -0.2) is 24.3 Å². The zero-order valence-electron chi connectivity index (χ0n) is 9.69. The maximum Gasteiger partial charge on any atom is 0.334 e. The Morgan fingerprint density at radius 3 is 2.65 bits per heavy atom. The molecule has 0 saturated heterocycles. The van der Waals surface area contributed by atoms with Gasteiger partial charge in [-0.2, -0.15) is 0 Å². The lowest BCUT2D eigenvalue weighted by Crippen LogP contribution is -1.99. The number of unbranched alkanes of at least 4 members (excludes halogenated alkanes) is 1. The van der Waals surface area contributed by atoms with Gasteiger partial charge in [0.2, 0.25) is 0 Å². The average Bonchev–Trinajstić information content (AvgIpc) is 2.73. The fraction of sp³-hybridized carbons (Fsp3) is 0.357. The van der Waals surface area contributed by atoms with E-state index in [1.165, 1.54) is 0 Å². The van der Waals surface area contributed by atoms with Crippen LogP contribution in [-0.2, 0) is 9.53 Å². The van der Waals surface area contributed by atoms with Crippen LogP contribution in [0.1, 0.15) is 24.8 Å². The van der Waals surface area contributed by atoms with E-state index in [0.29, 0.717) is 13.0 Å². The molecule has 0 amide bonds. The van der Waals surface area contributed by atoms with Crippen molar-refractivity contribution in [1.82, 2.24) is 0 Å². The van der Waals surface area contributed by atoms with Gasteiger partial charge in [0.05, 0.1) is 0 Å². The van der Waals surface area contributed by atoms with Gasteiger partial charge in [0.15, 0.2) is 0 Å². The summed E-state index contributed by atoms with van der Waals surface area (Å²) in [5.41, 5.74) is 2.82. The number of aliphatic hydroxyl groups is 1. The molecule has 1 N–H and O–H groups in total. The summed E-state index contributed by atoms with van der Waals surface area (Å²) < 4.78 is 5.09. The topological polar surface area (TPSA) is 46.5 Å². The number of rotatable bonds is 5. The van der Waals surface area contributed by atoms with Crippen molar-refractivity contribution in [1.29, 1.82) is 0 Å². The Bertz CT molecular complexity index is 420. The molecule has 3 heteroatoms. The number of aliphatic hydroxyl groups excluding tert-OH is 1. The summed E-state index contributed by atoms with van der Waals surface area (Å²) in [4.78, 5) is 11.6. The quantitative estimate of drug-likeness (QED) is 0.625. The molecule has 0 aliphatic carbocycles. The van der Waals surface area contributed by atoms with E-state index in [1.54, 1.807) is 0 Å². The van der Waals surface area contributed by atoms with E-state index in [0.717, 1.165) is 29.6 Å². The SMILES string of the molecule is O=C1OCC(c2ccccc2)=C1CCCCO. The van der Waals surface area contributed by atoms with Crippen molar-refractivity contribution in [3.8, 4) is 0 Å². The molecule has 1 aliphatic heterocycles. The van der Waals surface area contributed by atoms with Crippen LogP contribution >= 0.6 is 0 Å². The Morgan fingerprint density at radius 2 is 1.94 bits per heavy atom. The van der Waals surface area contributed by atoms with Gasteiger partial charge < -0.3 is 9.84 Å². The first-order valence-electron chi connectivity index (χ1n) is 5.88. The third-order valence-corrected chi connectivity index (χ3v) is 2.92. The molecule has 0 unspecified atom stereocenters. The largest absolute Gasteiger partial charge is 0.457 e. The normalized spacial score (nSPS) is 15.2. The summed E-state index contributed by atoms with van der Waals surface area (Å²) in [6, 6.07) is 9.84. The standard InChI is InChI=1S/C14H16O3/c15-9-5-4-8-12-13(10-17-14(12)16)11-6-2-1-3-7-11/h1-3,6-7,15H,4-5,8-10H2. The van der Waals surface area contributed by atoms with Crippen LogP contribution in [0.2, 0.25) is 0 Å². The third kappa shape index (κ3) is 2.74. The van der Waals surface area contributed by atoms with Gasteiger partial charge in [-0.15, -0.1) is 0 Å². The smallest absolute Gasteiger partial charge is 0.334 e. The molecule has 1 aromatic carbocycles. The van der Waals surface area contributed by atoms with Crippen LogP contribution in [0.25, 0.3) is 5.57 Å². The molecule has 1 heterocycles. The molecular weight excluding hydrogens is 216 g/mol. The molecule has 0 aromatic heterocycles. The lowest BCUT2D eigenvalue weighted by atomic mass is 9.98. The summed E-state index contributed by atoms with van der Waals surface area (Å²) in [6.07, 6.45) is 2.22. The summed E-state index contributed by atoms with van der Waals surface area (Å²) in [5.74, 6) is -0.207. The van der Waals surface area contributed by atoms with Gasteiger partial charge in [0, 0.05) is 17.8 Å². The number of cyclic esters (lactones) is 1. The number of carbonyl (C=O) groups excluding carboxylic acids is 1. The predicted octanol–water partition coefficient (Wildman–Crippen LogP) is 2.16. The van der Waals surface area contributed by atoms with Gasteiger partial charge in [-0.1, -0.05) is 30.3 Å². The minimum absolute atomic E-state index is 0.170. The Balaban J connectivity index is 2.19. The molecule has 0 saturated carbocycles. The third-order valence-electron chi connectivity index (χ3n) is 2.92. The Morgan fingerprint density at radius 1 is 1.18 bits per heavy atom. The van der Waals surface area contributed by atoms with Crippen molar-refractivity contribution in [2.75, 3.05) is 13.2 Å². The molecule has 1 aromatic rings. The molecule has 0 radical (unpaired) electrons. The summed E-state index contributed by atoms with van der Waals surface area (Å²) in [5, 5.41) is 8.76. The van der Waals surface area contributed by atoms with E-state index in [-0.39, 0.29) is 12.6 Å². The second-order valence-electron chi connectivity index (χ2n) is 4.08. The van der Waals surface area contributed by atoms with Crippen molar-refractivity contribution in [2.24, 2.45) is 0 Å². The van der Waals surface area contributed by atoms with E-state index >= 15 is 0 Å². The lowest BCUT2D eigenvalue weighted by molar-refractivity contribution is -0.136. The van der Waals surface area contributed by atoms with Gasteiger partial charge in [0.25, 0.3) is 0 Å². The van der Waals surface area contributed by atoms with E-state index in [2.05, 4.69) is 0 Å². The van der Waals surface area contributed by atoms with Gasteiger partial charge >= 0.3 is 5.97 Å². The minimum Gasteiger partial charge on any atom is -0.457 e. The molecule has 0 atom stereocenters. The number of esters is 1. The number of ether oxygens (including phenoxy) is 1. The molecule has 1 aliphatic rings. The highest BCUT2D eigenvalue weighted by molar-refractivity contribution is 6.01. The number of carbonyl (C=O) groups is 1. The highest BCUT2D eigenvalue weighted by atomic mass is 16.5. The summed E-state index contributed by atoms with van der Waals surface area (Å²) >= 11 is 0. The van der Waals surface area contributed by atoms with E-state index in [4.69, 9.17) is 9.84 Å². The van der Waals surface area contributed by atoms with Crippen molar-refractivity contribution in [3.63, 3.8) is 0 Å². The molecule has 0 fully saturated rings. The second-order valence-corrected chi connectivity index (χ2v) is 4.08. The van der Waals surface area contributed by atoms with Crippen LogP contribution in [0.5, 0.6) is 0 Å². The van der Waals surface area contributed by atoms with Gasteiger partial charge in [-0.25, -0.2) is 4.79 Å². The van der Waals surface area contributed by atoms with Crippen LogP contribution in [0, 0.1) is 0 Å². The molecule has 3 nitrogen and oxygen atoms in total. The van der Waals surface area contributed by atoms with Crippen molar-refractivity contribution in [2.45, 2.75) is 19.3 Å². The van der Waals surface area contributed by atoms with Crippen LogP contribution in [0.3, 0.4) is 0 Å². The van der Waals surface area contributed by atoms with Crippen LogP contribution in [0.15, 0.2) is 35.9 Å². The molecule has 0 bridgehead atoms. The van der Waals surface area contributed by atoms with E-state index < -0.39 is 0 Å². The lowest BCUT2D eigenvalue weighted by Gasteiger charge is -2.03. The summed E-state index contributed by atoms with van der Waals surface area (Å²) in [6.45, 7) is 0.542. The molecule has 90 valence electrons. The van der Waals surface area contributed by atoms with E-state index in [9.17, 15) is 4.79 Å². The molecule has 2 rings (SSSR count). The molecule has 0 spiro atoms. The average molecular weight is 232 g/mol. The van der Waals surface area contributed by atoms with Crippen LogP contribution in [0.4, 0.5) is 0 Å². The predicted molar refractivity (Wildman–Crippen MR) is 65.3 cm³/mol.